The van der Waals surface area contributed by atoms with Gasteiger partial charge in [0.05, 0.1) is 0 Å². The Hall–Kier alpha value is -8.98. The maximum Gasteiger partial charge on any atom is 0.0468 e. The van der Waals surface area contributed by atoms with Crippen LogP contribution in [0.2, 0.25) is 0 Å². The lowest BCUT2D eigenvalue weighted by atomic mass is 9.81. The van der Waals surface area contributed by atoms with Gasteiger partial charge >= 0.3 is 0 Å². The Kier molecular flexibility index (Phi) is 10.8. The number of hydrogen-bond acceptors (Lipinski definition) is 2. The van der Waals surface area contributed by atoms with Crippen molar-refractivity contribution in [2.45, 2.75) is 38.5 Å². The largest absolute Gasteiger partial charge is 0.311 e. The third-order valence-corrected chi connectivity index (χ3v) is 16.9. The summed E-state index contributed by atoms with van der Waals surface area (Å²) >= 11 is 0. The van der Waals surface area contributed by atoms with Crippen LogP contribution in [0.4, 0.5) is 22.7 Å². The predicted molar refractivity (Wildman–Crippen MR) is 324 cm³/mol. The minimum absolute atomic E-state index is 0.389. The standard InChI is InChI=1S/C74H56N2/c1-7-19-55-41-61(27-25-49(55)13-1)73-69-39-37-68(76(65-35-31-53-17-5-11-23-59(53)45-65)66-36-32-54-18-6-12-24-60(54)46-66)48-72(69)74(62-28-26-50-14-2-8-20-56(50)42-62)70-40-38-67(47-71(70)73)75(63-33-29-51-15-3-9-21-57(51)43-63)64-34-30-52-16-4-10-22-58(52)44-64/h1-5,7-16,19-25,27,29,31-48,52-53H,6,17-18,26,28,30H2. The molecule has 0 N–H and O–H groups in total. The maximum absolute atomic E-state index is 2.53. The van der Waals surface area contributed by atoms with Crippen LogP contribution in [0, 0.1) is 11.8 Å². The summed E-state index contributed by atoms with van der Waals surface area (Å²) in [6.07, 6.45) is 41.1. The third kappa shape index (κ3) is 7.78. The molecule has 0 bridgehead atoms. The van der Waals surface area contributed by atoms with E-state index in [1.165, 1.54) is 116 Å². The van der Waals surface area contributed by atoms with Gasteiger partial charge in [0.15, 0.2) is 0 Å². The number of nitrogens with zero attached hydrogens (tertiary/aromatic N) is 2. The van der Waals surface area contributed by atoms with Crippen LogP contribution < -0.4 is 9.80 Å². The van der Waals surface area contributed by atoms with Crippen molar-refractivity contribution < 1.29 is 0 Å². The Morgan fingerprint density at radius 2 is 1.08 bits per heavy atom. The smallest absolute Gasteiger partial charge is 0.0468 e. The van der Waals surface area contributed by atoms with Crippen LogP contribution >= 0.6 is 0 Å². The molecule has 0 heterocycles. The molecule has 362 valence electrons. The number of aryl methyl sites for hydroxylation is 2. The van der Waals surface area contributed by atoms with Crippen LogP contribution in [0.3, 0.4) is 0 Å². The predicted octanol–water partition coefficient (Wildman–Crippen LogP) is 19.6. The summed E-state index contributed by atoms with van der Waals surface area (Å²) in [5.41, 5.74) is 20.3. The Morgan fingerprint density at radius 1 is 0.395 bits per heavy atom. The molecule has 6 aliphatic rings. The fourth-order valence-electron chi connectivity index (χ4n) is 13.1. The van der Waals surface area contributed by atoms with E-state index in [4.69, 9.17) is 0 Å². The molecular formula is C74H56N2. The molecule has 2 nitrogen and oxygen atoms in total. The molecule has 0 aliphatic heterocycles. The van der Waals surface area contributed by atoms with E-state index in [0.29, 0.717) is 11.8 Å². The van der Waals surface area contributed by atoms with Crippen LogP contribution in [-0.2, 0) is 12.8 Å². The molecule has 9 aromatic carbocycles. The number of hydrogen-bond donors (Lipinski definition) is 0. The van der Waals surface area contributed by atoms with Gasteiger partial charge in [-0.15, -0.1) is 0 Å². The zero-order chi connectivity index (χ0) is 50.1. The summed E-state index contributed by atoms with van der Waals surface area (Å²) in [4.78, 5) is 5.02. The average Bonchev–Trinajstić information content (AvgIpc) is 3.49. The minimum Gasteiger partial charge on any atom is -0.311 e. The minimum atomic E-state index is 0.389. The number of rotatable bonds is 8. The van der Waals surface area contributed by atoms with E-state index in [1.54, 1.807) is 0 Å². The second kappa shape index (κ2) is 18.4. The first-order valence-electron chi connectivity index (χ1n) is 27.4. The van der Waals surface area contributed by atoms with Gasteiger partial charge in [-0.05, 0) is 210 Å². The Morgan fingerprint density at radius 3 is 1.95 bits per heavy atom. The number of allylic oxidation sites excluding steroid dienone is 16. The summed E-state index contributed by atoms with van der Waals surface area (Å²) in [5.74, 6) is 0.786. The number of benzene rings is 9. The second-order valence-corrected chi connectivity index (χ2v) is 21.4. The van der Waals surface area contributed by atoms with E-state index in [1.807, 2.05) is 0 Å². The molecule has 2 atom stereocenters. The molecule has 76 heavy (non-hydrogen) atoms. The monoisotopic (exact) mass is 972 g/mol. The fraction of sp³-hybridized carbons (Fsp3) is 0.108. The topological polar surface area (TPSA) is 6.48 Å². The molecule has 9 aromatic rings. The first kappa shape index (κ1) is 44.5. The molecule has 0 radical (unpaired) electrons. The van der Waals surface area contributed by atoms with E-state index < -0.39 is 0 Å². The van der Waals surface area contributed by atoms with E-state index >= 15 is 0 Å². The molecule has 0 fully saturated rings. The Bertz CT molecular complexity index is 4250. The van der Waals surface area contributed by atoms with Crippen molar-refractivity contribution >= 4 is 83.6 Å². The summed E-state index contributed by atoms with van der Waals surface area (Å²) < 4.78 is 0. The lowest BCUT2D eigenvalue weighted by Gasteiger charge is -2.32. The van der Waals surface area contributed by atoms with Crippen LogP contribution in [0.1, 0.15) is 53.5 Å². The van der Waals surface area contributed by atoms with Crippen molar-refractivity contribution in [2.24, 2.45) is 11.8 Å². The summed E-state index contributed by atoms with van der Waals surface area (Å²) in [7, 11) is 0. The molecule has 0 amide bonds. The zero-order valence-electron chi connectivity index (χ0n) is 42.5. The second-order valence-electron chi connectivity index (χ2n) is 21.4. The van der Waals surface area contributed by atoms with Crippen molar-refractivity contribution in [3.05, 3.63) is 293 Å². The molecular weight excluding hydrogens is 917 g/mol. The molecule has 2 heteroatoms. The highest BCUT2D eigenvalue weighted by Crippen LogP contribution is 2.49. The average molecular weight is 973 g/mol. The van der Waals surface area contributed by atoms with Crippen LogP contribution in [-0.4, -0.2) is 0 Å². The van der Waals surface area contributed by atoms with E-state index in [9.17, 15) is 0 Å². The molecule has 6 aliphatic carbocycles. The van der Waals surface area contributed by atoms with Crippen LogP contribution in [0.5, 0.6) is 0 Å². The summed E-state index contributed by atoms with van der Waals surface area (Å²) in [6, 6.07) is 62.4. The first-order valence-corrected chi connectivity index (χ1v) is 27.4. The highest BCUT2D eigenvalue weighted by Gasteiger charge is 2.27. The number of anilines is 4. The van der Waals surface area contributed by atoms with Crippen molar-refractivity contribution in [3.8, 4) is 11.1 Å². The van der Waals surface area contributed by atoms with Gasteiger partial charge < -0.3 is 9.80 Å². The fourth-order valence-corrected chi connectivity index (χ4v) is 13.1. The summed E-state index contributed by atoms with van der Waals surface area (Å²) in [5, 5.41) is 9.97. The Balaban J connectivity index is 1.02. The van der Waals surface area contributed by atoms with Crippen molar-refractivity contribution in [1.29, 1.82) is 0 Å². The van der Waals surface area contributed by atoms with E-state index in [-0.39, 0.29) is 0 Å². The molecule has 2 unspecified atom stereocenters. The molecule has 0 spiro atoms. The van der Waals surface area contributed by atoms with Gasteiger partial charge in [-0.1, -0.05) is 182 Å². The van der Waals surface area contributed by atoms with Gasteiger partial charge in [0.1, 0.15) is 0 Å². The normalized spacial score (nSPS) is 18.1. The van der Waals surface area contributed by atoms with Gasteiger partial charge in [-0.25, -0.2) is 0 Å². The quantitative estimate of drug-likeness (QED) is 0.140. The Labute approximate surface area is 445 Å². The van der Waals surface area contributed by atoms with Gasteiger partial charge in [0.25, 0.3) is 0 Å². The number of fused-ring (bicyclic) bond motifs is 8. The van der Waals surface area contributed by atoms with E-state index in [2.05, 4.69) is 265 Å². The highest BCUT2D eigenvalue weighted by molar-refractivity contribution is 6.21. The lowest BCUT2D eigenvalue weighted by molar-refractivity contribution is 0.768. The van der Waals surface area contributed by atoms with E-state index in [0.717, 1.165) is 55.6 Å². The SMILES string of the molecule is C1=CCC2C=CC(N(c3ccc4c(c3)C=CCC4)c3ccc4c(-c5ccc6ccccc6c5)c5cc(N(C6=CCC7C=CC=CC7=C6)c6ccc7ccccc7c6)ccc5c(C5=Cc6ccccc6CC5)c4c3)=CC2=C1. The van der Waals surface area contributed by atoms with Crippen molar-refractivity contribution in [3.63, 3.8) is 0 Å². The van der Waals surface area contributed by atoms with Gasteiger partial charge in [0, 0.05) is 46.0 Å². The highest BCUT2D eigenvalue weighted by atomic mass is 15.2. The molecule has 0 saturated heterocycles. The van der Waals surface area contributed by atoms with Crippen LogP contribution in [0.25, 0.3) is 71.9 Å². The zero-order valence-corrected chi connectivity index (χ0v) is 42.5. The molecule has 0 saturated carbocycles. The van der Waals surface area contributed by atoms with Gasteiger partial charge in [-0.3, -0.25) is 0 Å². The summed E-state index contributed by atoms with van der Waals surface area (Å²) in [6.45, 7) is 0. The van der Waals surface area contributed by atoms with Crippen LogP contribution in [0.15, 0.2) is 265 Å². The molecule has 0 aromatic heterocycles. The lowest BCUT2D eigenvalue weighted by Crippen LogP contribution is -2.19. The first-order chi connectivity index (χ1) is 37.6. The van der Waals surface area contributed by atoms with Gasteiger partial charge in [0.2, 0.25) is 0 Å². The maximum atomic E-state index is 2.53. The van der Waals surface area contributed by atoms with Crippen molar-refractivity contribution in [1.82, 2.24) is 0 Å². The third-order valence-electron chi connectivity index (χ3n) is 16.9. The van der Waals surface area contributed by atoms with Crippen molar-refractivity contribution in [2.75, 3.05) is 9.80 Å². The van der Waals surface area contributed by atoms with Gasteiger partial charge in [-0.2, -0.15) is 0 Å². The molecule has 15 rings (SSSR count).